The molecule has 3 aromatic rings. The van der Waals surface area contributed by atoms with Crippen LogP contribution in [0.25, 0.3) is 17.2 Å². The van der Waals surface area contributed by atoms with Gasteiger partial charge in [-0.05, 0) is 41.0 Å². The maximum absolute atomic E-state index is 13.2. The van der Waals surface area contributed by atoms with Crippen LogP contribution in [-0.2, 0) is 4.79 Å². The van der Waals surface area contributed by atoms with Gasteiger partial charge in [-0.1, -0.05) is 54.6 Å². The lowest BCUT2D eigenvalue weighted by Crippen LogP contribution is -2.12. The van der Waals surface area contributed by atoms with Crippen molar-refractivity contribution in [3.63, 3.8) is 0 Å². The molecule has 0 radical (unpaired) electrons. The van der Waals surface area contributed by atoms with Crippen LogP contribution in [0.2, 0.25) is 0 Å². The number of hydrogen-bond acceptors (Lipinski definition) is 2. The van der Waals surface area contributed by atoms with E-state index in [4.69, 9.17) is 5.11 Å². The summed E-state index contributed by atoms with van der Waals surface area (Å²) in [6.45, 7) is 0. The van der Waals surface area contributed by atoms with Gasteiger partial charge in [0.1, 0.15) is 5.82 Å². The van der Waals surface area contributed by atoms with Gasteiger partial charge in [-0.15, -0.1) is 0 Å². The maximum atomic E-state index is 13.2. The molecule has 0 aliphatic rings. The van der Waals surface area contributed by atoms with Crippen LogP contribution in [0.15, 0.2) is 78.9 Å². The van der Waals surface area contributed by atoms with E-state index in [2.05, 4.69) is 5.32 Å². The molecule has 134 valence electrons. The second kappa shape index (κ2) is 8.10. The molecule has 2 N–H and O–H groups in total. The van der Waals surface area contributed by atoms with Crippen molar-refractivity contribution in [2.45, 2.75) is 0 Å². The maximum Gasteiger partial charge on any atom is 0.337 e. The summed E-state index contributed by atoms with van der Waals surface area (Å²) in [5.41, 5.74) is 2.72. The zero-order valence-electron chi connectivity index (χ0n) is 14.2. The van der Waals surface area contributed by atoms with Crippen molar-refractivity contribution >= 4 is 23.6 Å². The van der Waals surface area contributed by atoms with Gasteiger partial charge < -0.3 is 10.4 Å². The second-order valence-corrected chi connectivity index (χ2v) is 5.81. The highest BCUT2D eigenvalue weighted by Gasteiger charge is 2.12. The average Bonchev–Trinajstić information content (AvgIpc) is 2.69. The number of halogens is 1. The molecule has 0 fully saturated rings. The van der Waals surface area contributed by atoms with Crippen molar-refractivity contribution in [1.82, 2.24) is 0 Å². The largest absolute Gasteiger partial charge is 0.478 e. The highest BCUT2D eigenvalue weighted by molar-refractivity contribution is 6.06. The highest BCUT2D eigenvalue weighted by atomic mass is 19.1. The molecule has 0 aliphatic heterocycles. The number of benzene rings is 3. The summed E-state index contributed by atoms with van der Waals surface area (Å²) in [4.78, 5) is 23.2. The Kier molecular flexibility index (Phi) is 5.42. The summed E-state index contributed by atoms with van der Waals surface area (Å²) in [5, 5.41) is 11.5. The molecule has 1 amide bonds. The molecule has 0 aliphatic carbocycles. The van der Waals surface area contributed by atoms with Gasteiger partial charge >= 0.3 is 5.97 Å². The molecule has 0 saturated carbocycles. The Morgan fingerprint density at radius 1 is 0.889 bits per heavy atom. The van der Waals surface area contributed by atoms with Crippen molar-refractivity contribution < 1.29 is 19.1 Å². The van der Waals surface area contributed by atoms with Crippen molar-refractivity contribution in [2.24, 2.45) is 0 Å². The number of carboxylic acid groups (broad SMARTS) is 1. The third kappa shape index (κ3) is 4.67. The summed E-state index contributed by atoms with van der Waals surface area (Å²) >= 11 is 0. The van der Waals surface area contributed by atoms with Crippen LogP contribution in [0.3, 0.4) is 0 Å². The fraction of sp³-hybridized carbons (Fsp3) is 0. The minimum Gasteiger partial charge on any atom is -0.478 e. The quantitative estimate of drug-likeness (QED) is 0.639. The van der Waals surface area contributed by atoms with Crippen molar-refractivity contribution in [2.75, 3.05) is 5.32 Å². The van der Waals surface area contributed by atoms with E-state index in [1.807, 2.05) is 54.6 Å². The van der Waals surface area contributed by atoms with E-state index in [1.54, 1.807) is 6.08 Å². The zero-order valence-corrected chi connectivity index (χ0v) is 14.2. The highest BCUT2D eigenvalue weighted by Crippen LogP contribution is 2.20. The molecule has 0 unspecified atom stereocenters. The van der Waals surface area contributed by atoms with Crippen molar-refractivity contribution in [3.05, 3.63) is 95.8 Å². The van der Waals surface area contributed by atoms with Gasteiger partial charge in [-0.25, -0.2) is 9.18 Å². The molecule has 27 heavy (non-hydrogen) atoms. The van der Waals surface area contributed by atoms with Crippen LogP contribution in [-0.4, -0.2) is 17.0 Å². The van der Waals surface area contributed by atoms with Crippen molar-refractivity contribution in [3.8, 4) is 11.1 Å². The first-order valence-electron chi connectivity index (χ1n) is 8.20. The topological polar surface area (TPSA) is 66.4 Å². The van der Waals surface area contributed by atoms with Crippen LogP contribution in [0, 0.1) is 5.82 Å². The smallest absolute Gasteiger partial charge is 0.337 e. The summed E-state index contributed by atoms with van der Waals surface area (Å²) in [7, 11) is 0. The van der Waals surface area contributed by atoms with Crippen LogP contribution in [0.4, 0.5) is 10.1 Å². The van der Waals surface area contributed by atoms with E-state index in [0.29, 0.717) is 0 Å². The fourth-order valence-electron chi connectivity index (χ4n) is 2.57. The van der Waals surface area contributed by atoms with Crippen molar-refractivity contribution in [1.29, 1.82) is 0 Å². The Morgan fingerprint density at radius 2 is 1.56 bits per heavy atom. The SMILES string of the molecule is O=C(C=Cc1ccc(-c2ccccc2)cc1)Nc1ccc(F)cc1C(=O)O. The van der Waals surface area contributed by atoms with Gasteiger partial charge in [-0.2, -0.15) is 0 Å². The summed E-state index contributed by atoms with van der Waals surface area (Å²) in [6.07, 6.45) is 2.92. The lowest BCUT2D eigenvalue weighted by Gasteiger charge is -2.06. The van der Waals surface area contributed by atoms with Crippen LogP contribution < -0.4 is 5.32 Å². The van der Waals surface area contributed by atoms with E-state index < -0.39 is 17.7 Å². The summed E-state index contributed by atoms with van der Waals surface area (Å²) in [6, 6.07) is 20.8. The summed E-state index contributed by atoms with van der Waals surface area (Å²) in [5.74, 6) is -2.50. The number of amides is 1. The predicted octanol–water partition coefficient (Wildman–Crippen LogP) is 4.84. The number of carbonyl (C=O) groups is 2. The molecule has 5 heteroatoms. The van der Waals surface area contributed by atoms with Crippen LogP contribution in [0.5, 0.6) is 0 Å². The number of rotatable bonds is 5. The fourth-order valence-corrected chi connectivity index (χ4v) is 2.57. The number of hydrogen-bond donors (Lipinski definition) is 2. The molecule has 0 bridgehead atoms. The molecule has 0 spiro atoms. The third-order valence-electron chi connectivity index (χ3n) is 3.91. The monoisotopic (exact) mass is 361 g/mol. The standard InChI is InChI=1S/C22H16FNO3/c23-18-11-12-20(19(14-18)22(26)27)24-21(25)13-8-15-6-9-17(10-7-15)16-4-2-1-3-5-16/h1-14H,(H,24,25)(H,26,27). The minimum absolute atomic E-state index is 0.0398. The average molecular weight is 361 g/mol. The number of carboxylic acids is 1. The second-order valence-electron chi connectivity index (χ2n) is 5.81. The molecule has 0 heterocycles. The van der Waals surface area contributed by atoms with Gasteiger partial charge in [0.05, 0.1) is 11.3 Å². The number of carbonyl (C=O) groups excluding carboxylic acids is 1. The van der Waals surface area contributed by atoms with Gasteiger partial charge in [0, 0.05) is 6.08 Å². The van der Waals surface area contributed by atoms with Gasteiger partial charge in [-0.3, -0.25) is 4.79 Å². The van der Waals surface area contributed by atoms with E-state index >= 15 is 0 Å². The molecule has 0 atom stereocenters. The molecule has 3 aromatic carbocycles. The van der Waals surface area contributed by atoms with Crippen LogP contribution in [0.1, 0.15) is 15.9 Å². The molecule has 0 aromatic heterocycles. The first kappa shape index (κ1) is 18.1. The Bertz CT molecular complexity index is 996. The van der Waals surface area contributed by atoms with E-state index in [-0.39, 0.29) is 11.3 Å². The number of aromatic carboxylic acids is 1. The number of anilines is 1. The lowest BCUT2D eigenvalue weighted by atomic mass is 10.0. The van der Waals surface area contributed by atoms with E-state index in [1.165, 1.54) is 12.1 Å². The van der Waals surface area contributed by atoms with Gasteiger partial charge in [0.25, 0.3) is 0 Å². The van der Waals surface area contributed by atoms with Gasteiger partial charge in [0.2, 0.25) is 5.91 Å². The Morgan fingerprint density at radius 3 is 2.22 bits per heavy atom. The Balaban J connectivity index is 1.70. The normalized spacial score (nSPS) is 10.7. The number of nitrogens with one attached hydrogen (secondary N) is 1. The molecule has 4 nitrogen and oxygen atoms in total. The lowest BCUT2D eigenvalue weighted by molar-refractivity contribution is -0.111. The Hall–Kier alpha value is -3.73. The summed E-state index contributed by atoms with van der Waals surface area (Å²) < 4.78 is 13.2. The third-order valence-corrected chi connectivity index (χ3v) is 3.91. The molecular formula is C22H16FNO3. The zero-order chi connectivity index (χ0) is 19.2. The van der Waals surface area contributed by atoms with E-state index in [0.717, 1.165) is 28.8 Å². The minimum atomic E-state index is -1.31. The first-order valence-corrected chi connectivity index (χ1v) is 8.20. The molecular weight excluding hydrogens is 345 g/mol. The van der Waals surface area contributed by atoms with E-state index in [9.17, 15) is 14.0 Å². The van der Waals surface area contributed by atoms with Gasteiger partial charge in [0.15, 0.2) is 0 Å². The van der Waals surface area contributed by atoms with Crippen LogP contribution >= 0.6 is 0 Å². The molecule has 3 rings (SSSR count). The Labute approximate surface area is 155 Å². The predicted molar refractivity (Wildman–Crippen MR) is 103 cm³/mol. The molecule has 0 saturated heterocycles. The first-order chi connectivity index (χ1) is 13.0.